The zero-order valence-electron chi connectivity index (χ0n) is 17.2. The van der Waals surface area contributed by atoms with E-state index in [2.05, 4.69) is 9.71 Å². The number of pyridine rings is 1. The number of aromatic nitrogens is 1. The molecule has 164 valence electrons. The maximum absolute atomic E-state index is 14.7. The lowest BCUT2D eigenvalue weighted by molar-refractivity contribution is 0.358. The molecule has 0 radical (unpaired) electrons. The van der Waals surface area contributed by atoms with Crippen LogP contribution >= 0.6 is 0 Å². The Hall–Kier alpha value is -3.85. The van der Waals surface area contributed by atoms with E-state index in [1.165, 1.54) is 38.5 Å². The van der Waals surface area contributed by atoms with Crippen molar-refractivity contribution in [3.8, 4) is 23.0 Å². The van der Waals surface area contributed by atoms with Crippen LogP contribution in [0.25, 0.3) is 10.9 Å². The summed E-state index contributed by atoms with van der Waals surface area (Å²) < 4.78 is 58.4. The fourth-order valence-electron chi connectivity index (χ4n) is 3.17. The molecule has 1 N–H and O–H groups in total. The van der Waals surface area contributed by atoms with Gasteiger partial charge in [0.1, 0.15) is 17.0 Å². The van der Waals surface area contributed by atoms with Crippen LogP contribution in [-0.2, 0) is 10.0 Å². The summed E-state index contributed by atoms with van der Waals surface area (Å²) in [5.41, 5.74) is 0.337. The van der Waals surface area contributed by atoms with Crippen molar-refractivity contribution in [1.29, 1.82) is 0 Å². The molecule has 0 amide bonds. The fourth-order valence-corrected chi connectivity index (χ4v) is 4.26. The van der Waals surface area contributed by atoms with Crippen molar-refractivity contribution >= 4 is 26.6 Å². The molecule has 0 aliphatic rings. The predicted molar refractivity (Wildman–Crippen MR) is 119 cm³/mol. The Labute approximate surface area is 184 Å². The van der Waals surface area contributed by atoms with E-state index in [-0.39, 0.29) is 16.3 Å². The molecule has 0 aliphatic carbocycles. The lowest BCUT2D eigenvalue weighted by atomic mass is 10.1. The first kappa shape index (κ1) is 21.4. The number of nitrogens with zero attached hydrogens (tertiary/aromatic N) is 1. The first-order valence-corrected chi connectivity index (χ1v) is 11.0. The first-order chi connectivity index (χ1) is 15.4. The highest BCUT2D eigenvalue weighted by Crippen LogP contribution is 2.39. The minimum Gasteiger partial charge on any atom is -0.493 e. The molecule has 1 aromatic heterocycles. The number of ether oxygens (including phenoxy) is 3. The van der Waals surface area contributed by atoms with Gasteiger partial charge in [-0.1, -0.05) is 18.2 Å². The van der Waals surface area contributed by atoms with Crippen molar-refractivity contribution in [3.05, 3.63) is 78.7 Å². The maximum atomic E-state index is 14.7. The van der Waals surface area contributed by atoms with Crippen molar-refractivity contribution in [2.45, 2.75) is 4.90 Å². The average Bonchev–Trinajstić information content (AvgIpc) is 2.80. The molecule has 0 saturated heterocycles. The zero-order chi connectivity index (χ0) is 22.7. The molecule has 7 nitrogen and oxygen atoms in total. The molecule has 0 aliphatic heterocycles. The predicted octanol–water partition coefficient (Wildman–Crippen LogP) is 4.98. The van der Waals surface area contributed by atoms with E-state index in [0.29, 0.717) is 28.2 Å². The Morgan fingerprint density at radius 1 is 0.906 bits per heavy atom. The fraction of sp³-hybridized carbons (Fsp3) is 0.0870. The van der Waals surface area contributed by atoms with E-state index in [9.17, 15) is 12.8 Å². The molecule has 4 rings (SSSR count). The number of rotatable bonds is 7. The molecular weight excluding hydrogens is 435 g/mol. The van der Waals surface area contributed by atoms with E-state index in [1.807, 2.05) is 0 Å². The van der Waals surface area contributed by atoms with Gasteiger partial charge in [0.15, 0.2) is 17.3 Å². The minimum absolute atomic E-state index is 0.0346. The number of sulfonamides is 1. The van der Waals surface area contributed by atoms with Gasteiger partial charge in [0.25, 0.3) is 10.0 Å². The number of hydrogen-bond donors (Lipinski definition) is 1. The second-order valence-corrected chi connectivity index (χ2v) is 8.35. The monoisotopic (exact) mass is 454 g/mol. The molecular formula is C23H19FN2O5S. The molecule has 32 heavy (non-hydrogen) atoms. The van der Waals surface area contributed by atoms with Crippen molar-refractivity contribution in [1.82, 2.24) is 4.98 Å². The lowest BCUT2D eigenvalue weighted by Crippen LogP contribution is -2.13. The van der Waals surface area contributed by atoms with Crippen molar-refractivity contribution in [2.75, 3.05) is 18.9 Å². The van der Waals surface area contributed by atoms with Crippen LogP contribution in [0.4, 0.5) is 10.1 Å². The minimum atomic E-state index is -3.92. The summed E-state index contributed by atoms with van der Waals surface area (Å²) in [6.07, 6.45) is 1.54. The van der Waals surface area contributed by atoms with Crippen LogP contribution in [0.15, 0.2) is 77.8 Å². The highest BCUT2D eigenvalue weighted by molar-refractivity contribution is 7.92. The molecule has 3 aromatic carbocycles. The standard InChI is InChI=1S/C23H19FN2O5S/c1-29-21-11-9-17-20(12-13-25-22(17)23(21)30-2)31-15-8-10-19(18(24)14-15)26-32(27,28)16-6-4-3-5-7-16/h3-14,26H,1-2H3. The third-order valence-corrected chi connectivity index (χ3v) is 6.06. The summed E-state index contributed by atoms with van der Waals surface area (Å²) in [5, 5.41) is 0.638. The number of halogens is 1. The molecule has 0 fully saturated rings. The summed E-state index contributed by atoms with van der Waals surface area (Å²) in [6.45, 7) is 0. The summed E-state index contributed by atoms with van der Waals surface area (Å²) in [4.78, 5) is 4.36. The molecule has 1 heterocycles. The van der Waals surface area contributed by atoms with Gasteiger partial charge in [-0.15, -0.1) is 0 Å². The third-order valence-electron chi connectivity index (χ3n) is 4.68. The van der Waals surface area contributed by atoms with Crippen LogP contribution in [0.5, 0.6) is 23.0 Å². The van der Waals surface area contributed by atoms with E-state index >= 15 is 0 Å². The summed E-state index contributed by atoms with van der Waals surface area (Å²) in [7, 11) is -0.876. The van der Waals surface area contributed by atoms with Crippen LogP contribution < -0.4 is 18.9 Å². The molecule has 0 atom stereocenters. The van der Waals surface area contributed by atoms with Gasteiger partial charge in [-0.05, 0) is 42.5 Å². The summed E-state index contributed by atoms with van der Waals surface area (Å²) in [5.74, 6) is 0.804. The van der Waals surface area contributed by atoms with Crippen LogP contribution in [0.3, 0.4) is 0 Å². The Kier molecular flexibility index (Phi) is 5.83. The topological polar surface area (TPSA) is 86.8 Å². The smallest absolute Gasteiger partial charge is 0.261 e. The zero-order valence-corrected chi connectivity index (χ0v) is 18.0. The number of methoxy groups -OCH3 is 2. The molecule has 4 aromatic rings. The van der Waals surface area contributed by atoms with Gasteiger partial charge in [0, 0.05) is 17.6 Å². The lowest BCUT2D eigenvalue weighted by Gasteiger charge is -2.14. The van der Waals surface area contributed by atoms with Crippen LogP contribution in [0.2, 0.25) is 0 Å². The van der Waals surface area contributed by atoms with E-state index in [0.717, 1.165) is 6.07 Å². The van der Waals surface area contributed by atoms with Crippen LogP contribution in [-0.4, -0.2) is 27.6 Å². The largest absolute Gasteiger partial charge is 0.493 e. The maximum Gasteiger partial charge on any atom is 0.261 e. The van der Waals surface area contributed by atoms with Gasteiger partial charge in [-0.2, -0.15) is 0 Å². The van der Waals surface area contributed by atoms with E-state index < -0.39 is 15.8 Å². The van der Waals surface area contributed by atoms with E-state index in [1.54, 1.807) is 42.6 Å². The molecule has 0 unspecified atom stereocenters. The number of fused-ring (bicyclic) bond motifs is 1. The third kappa shape index (κ3) is 4.15. The molecule has 9 heteroatoms. The number of benzene rings is 3. The summed E-state index contributed by atoms with van der Waals surface area (Å²) >= 11 is 0. The van der Waals surface area contributed by atoms with Crippen LogP contribution in [0.1, 0.15) is 0 Å². The van der Waals surface area contributed by atoms with Gasteiger partial charge in [0.05, 0.1) is 24.8 Å². The van der Waals surface area contributed by atoms with Gasteiger partial charge < -0.3 is 14.2 Å². The van der Waals surface area contributed by atoms with E-state index in [4.69, 9.17) is 14.2 Å². The molecule has 0 bridgehead atoms. The normalized spacial score (nSPS) is 11.2. The second-order valence-electron chi connectivity index (χ2n) is 6.67. The van der Waals surface area contributed by atoms with Gasteiger partial charge in [-0.25, -0.2) is 12.8 Å². The number of nitrogens with one attached hydrogen (secondary N) is 1. The van der Waals surface area contributed by atoms with Crippen molar-refractivity contribution in [2.24, 2.45) is 0 Å². The first-order valence-electron chi connectivity index (χ1n) is 9.48. The number of hydrogen-bond acceptors (Lipinski definition) is 6. The van der Waals surface area contributed by atoms with Crippen molar-refractivity contribution in [3.63, 3.8) is 0 Å². The highest BCUT2D eigenvalue weighted by Gasteiger charge is 2.17. The van der Waals surface area contributed by atoms with Gasteiger partial charge in [0.2, 0.25) is 0 Å². The average molecular weight is 454 g/mol. The van der Waals surface area contributed by atoms with Crippen molar-refractivity contribution < 1.29 is 27.0 Å². The Balaban J connectivity index is 1.63. The Bertz CT molecular complexity index is 1380. The quantitative estimate of drug-likeness (QED) is 0.424. The summed E-state index contributed by atoms with van der Waals surface area (Å²) in [6, 6.07) is 16.7. The SMILES string of the molecule is COc1ccc2c(Oc3ccc(NS(=O)(=O)c4ccccc4)c(F)c3)ccnc2c1OC. The Morgan fingerprint density at radius 3 is 2.38 bits per heavy atom. The Morgan fingerprint density at radius 2 is 1.69 bits per heavy atom. The molecule has 0 spiro atoms. The van der Waals surface area contributed by atoms with Gasteiger partial charge in [-0.3, -0.25) is 9.71 Å². The van der Waals surface area contributed by atoms with Gasteiger partial charge >= 0.3 is 0 Å². The van der Waals surface area contributed by atoms with Crippen LogP contribution in [0, 0.1) is 5.82 Å². The number of anilines is 1. The highest BCUT2D eigenvalue weighted by atomic mass is 32.2. The second kappa shape index (κ2) is 8.72. The molecule has 0 saturated carbocycles.